The van der Waals surface area contributed by atoms with Gasteiger partial charge >= 0.3 is 0 Å². The Balaban J connectivity index is 1.71. The van der Waals surface area contributed by atoms with Crippen LogP contribution in [-0.2, 0) is 4.79 Å². The highest BCUT2D eigenvalue weighted by Gasteiger charge is 2.25. The van der Waals surface area contributed by atoms with E-state index in [4.69, 9.17) is 5.73 Å². The number of carbonyl (C=O) groups is 1. The summed E-state index contributed by atoms with van der Waals surface area (Å²) in [7, 11) is 0. The highest BCUT2D eigenvalue weighted by molar-refractivity contribution is 5.94. The number of nitrogens with one attached hydrogen (secondary N) is 1. The number of hydrogen-bond acceptors (Lipinski definition) is 4. The number of nitrogens with two attached hydrogens (primary N) is 1. The second-order valence-corrected chi connectivity index (χ2v) is 7.48. The number of pyridine rings is 2. The first-order valence-electron chi connectivity index (χ1n) is 9.69. The van der Waals surface area contributed by atoms with Crippen LogP contribution >= 0.6 is 0 Å². The molecule has 1 atom stereocenters. The van der Waals surface area contributed by atoms with Crippen LogP contribution in [0.4, 0.5) is 5.82 Å². The van der Waals surface area contributed by atoms with Crippen LogP contribution in [0.3, 0.4) is 0 Å². The SMILES string of the molecule is Cc1cc[n+]([O-])c(C)c1-c1ccc(NC(=O)C(N)C2CCCCCC2)nc1. The van der Waals surface area contributed by atoms with Crippen molar-refractivity contribution in [2.45, 2.75) is 58.4 Å². The summed E-state index contributed by atoms with van der Waals surface area (Å²) in [5.74, 6) is 0.551. The smallest absolute Gasteiger partial charge is 0.242 e. The molecule has 2 aromatic rings. The summed E-state index contributed by atoms with van der Waals surface area (Å²) in [6.45, 7) is 3.75. The lowest BCUT2D eigenvalue weighted by atomic mass is 9.92. The minimum absolute atomic E-state index is 0.174. The van der Waals surface area contributed by atoms with Crippen molar-refractivity contribution in [2.24, 2.45) is 11.7 Å². The lowest BCUT2D eigenvalue weighted by molar-refractivity contribution is -0.611. The monoisotopic (exact) mass is 368 g/mol. The molecule has 6 nitrogen and oxygen atoms in total. The van der Waals surface area contributed by atoms with Crippen LogP contribution in [0, 0.1) is 25.0 Å². The van der Waals surface area contributed by atoms with E-state index in [1.54, 1.807) is 25.3 Å². The van der Waals surface area contributed by atoms with Crippen molar-refractivity contribution in [3.63, 3.8) is 0 Å². The molecule has 0 saturated heterocycles. The first-order valence-corrected chi connectivity index (χ1v) is 9.69. The fourth-order valence-corrected chi connectivity index (χ4v) is 3.92. The van der Waals surface area contributed by atoms with Gasteiger partial charge in [-0.15, -0.1) is 0 Å². The van der Waals surface area contributed by atoms with E-state index in [1.807, 2.05) is 13.0 Å². The van der Waals surface area contributed by atoms with Crippen LogP contribution in [0.2, 0.25) is 0 Å². The normalized spacial score (nSPS) is 16.6. The third-order valence-electron chi connectivity index (χ3n) is 5.56. The van der Waals surface area contributed by atoms with E-state index >= 15 is 0 Å². The molecule has 0 spiro atoms. The van der Waals surface area contributed by atoms with E-state index in [0.717, 1.165) is 47.1 Å². The first-order chi connectivity index (χ1) is 13.0. The first kappa shape index (κ1) is 19.3. The molecule has 0 bridgehead atoms. The summed E-state index contributed by atoms with van der Waals surface area (Å²) in [5, 5.41) is 14.7. The molecule has 3 N–H and O–H groups in total. The van der Waals surface area contributed by atoms with Gasteiger partial charge in [0.1, 0.15) is 5.82 Å². The molecule has 1 unspecified atom stereocenters. The van der Waals surface area contributed by atoms with Crippen LogP contribution in [0.5, 0.6) is 0 Å². The zero-order valence-corrected chi connectivity index (χ0v) is 16.1. The van der Waals surface area contributed by atoms with Crippen molar-refractivity contribution in [1.29, 1.82) is 0 Å². The molecule has 1 aliphatic rings. The maximum Gasteiger partial charge on any atom is 0.242 e. The Bertz CT molecular complexity index is 797. The molecular weight excluding hydrogens is 340 g/mol. The molecule has 144 valence electrons. The third-order valence-corrected chi connectivity index (χ3v) is 5.56. The van der Waals surface area contributed by atoms with E-state index in [2.05, 4.69) is 10.3 Å². The molecule has 1 amide bonds. The topological polar surface area (TPSA) is 95.0 Å². The second kappa shape index (κ2) is 8.48. The van der Waals surface area contributed by atoms with Gasteiger partial charge in [0.05, 0.1) is 11.6 Å². The van der Waals surface area contributed by atoms with Gasteiger partial charge in [-0.05, 0) is 43.4 Å². The predicted octanol–water partition coefficient (Wildman–Crippen LogP) is 3.24. The Morgan fingerprint density at radius 3 is 2.56 bits per heavy atom. The van der Waals surface area contributed by atoms with E-state index in [9.17, 15) is 10.0 Å². The lowest BCUT2D eigenvalue weighted by Gasteiger charge is -2.21. The Morgan fingerprint density at radius 2 is 1.93 bits per heavy atom. The molecular formula is C21H28N4O2. The number of hydrogen-bond donors (Lipinski definition) is 2. The summed E-state index contributed by atoms with van der Waals surface area (Å²) in [6, 6.07) is 4.92. The number of nitrogens with zero attached hydrogens (tertiary/aromatic N) is 2. The standard InChI is InChI=1S/C21H28N4O2/c1-14-11-12-25(27)15(2)19(14)17-9-10-18(23-13-17)24-21(26)20(22)16-7-5-3-4-6-8-16/h9-13,16,20H,3-8,22H2,1-2H3,(H,23,24,26). The van der Waals surface area contributed by atoms with Crippen molar-refractivity contribution in [3.05, 3.63) is 47.1 Å². The minimum Gasteiger partial charge on any atom is -0.618 e. The molecule has 1 fully saturated rings. The molecule has 2 aromatic heterocycles. The Labute approximate surface area is 160 Å². The second-order valence-electron chi connectivity index (χ2n) is 7.48. The summed E-state index contributed by atoms with van der Waals surface area (Å²) >= 11 is 0. The summed E-state index contributed by atoms with van der Waals surface area (Å²) in [4.78, 5) is 16.9. The van der Waals surface area contributed by atoms with E-state index in [1.165, 1.54) is 19.0 Å². The zero-order valence-electron chi connectivity index (χ0n) is 16.1. The van der Waals surface area contributed by atoms with Gasteiger partial charge in [0.25, 0.3) is 0 Å². The highest BCUT2D eigenvalue weighted by Crippen LogP contribution is 2.27. The van der Waals surface area contributed by atoms with Crippen molar-refractivity contribution in [3.8, 4) is 11.1 Å². The number of aryl methyl sites for hydroxylation is 1. The average Bonchev–Trinajstić information content (AvgIpc) is 2.95. The van der Waals surface area contributed by atoms with Gasteiger partial charge < -0.3 is 16.3 Å². The maximum atomic E-state index is 12.5. The zero-order chi connectivity index (χ0) is 19.4. The van der Waals surface area contributed by atoms with Gasteiger partial charge in [-0.1, -0.05) is 25.7 Å². The van der Waals surface area contributed by atoms with Crippen molar-refractivity contribution < 1.29 is 9.52 Å². The van der Waals surface area contributed by atoms with Crippen LogP contribution in [-0.4, -0.2) is 16.9 Å². The Hall–Kier alpha value is -2.47. The van der Waals surface area contributed by atoms with Gasteiger partial charge in [-0.3, -0.25) is 4.79 Å². The van der Waals surface area contributed by atoms with Gasteiger partial charge in [0, 0.05) is 24.8 Å². The summed E-state index contributed by atoms with van der Waals surface area (Å²) < 4.78 is 0.851. The fourth-order valence-electron chi connectivity index (χ4n) is 3.92. The van der Waals surface area contributed by atoms with Gasteiger partial charge in [-0.25, -0.2) is 4.98 Å². The van der Waals surface area contributed by atoms with Crippen LogP contribution in [0.1, 0.15) is 49.8 Å². The quantitative estimate of drug-likeness (QED) is 0.492. The predicted molar refractivity (Wildman–Crippen MR) is 106 cm³/mol. The number of amides is 1. The van der Waals surface area contributed by atoms with Crippen molar-refractivity contribution in [1.82, 2.24) is 4.98 Å². The number of aromatic nitrogens is 2. The third kappa shape index (κ3) is 4.45. The average molecular weight is 368 g/mol. The molecule has 6 heteroatoms. The molecule has 0 radical (unpaired) electrons. The molecule has 27 heavy (non-hydrogen) atoms. The van der Waals surface area contributed by atoms with Gasteiger partial charge in [0.2, 0.25) is 5.91 Å². The van der Waals surface area contributed by atoms with E-state index < -0.39 is 6.04 Å². The van der Waals surface area contributed by atoms with Gasteiger partial charge in [-0.2, -0.15) is 4.73 Å². The Morgan fingerprint density at radius 1 is 1.22 bits per heavy atom. The van der Waals surface area contributed by atoms with Gasteiger partial charge in [0.15, 0.2) is 11.9 Å². The lowest BCUT2D eigenvalue weighted by Crippen LogP contribution is -2.42. The van der Waals surface area contributed by atoms with Crippen molar-refractivity contribution >= 4 is 11.7 Å². The van der Waals surface area contributed by atoms with Crippen LogP contribution in [0.15, 0.2) is 30.6 Å². The number of carbonyl (C=O) groups excluding carboxylic acids is 1. The van der Waals surface area contributed by atoms with Crippen molar-refractivity contribution in [2.75, 3.05) is 5.32 Å². The van der Waals surface area contributed by atoms with E-state index in [-0.39, 0.29) is 11.8 Å². The largest absolute Gasteiger partial charge is 0.618 e. The van der Waals surface area contributed by atoms with E-state index in [0.29, 0.717) is 11.5 Å². The highest BCUT2D eigenvalue weighted by atomic mass is 16.5. The maximum absolute atomic E-state index is 12.5. The molecule has 0 aromatic carbocycles. The van der Waals surface area contributed by atoms with Crippen LogP contribution in [0.25, 0.3) is 11.1 Å². The Kier molecular flexibility index (Phi) is 6.06. The minimum atomic E-state index is -0.498. The summed E-state index contributed by atoms with van der Waals surface area (Å²) in [6.07, 6.45) is 9.98. The molecule has 1 saturated carbocycles. The number of rotatable bonds is 4. The molecule has 3 rings (SSSR count). The molecule has 1 aliphatic carbocycles. The van der Waals surface area contributed by atoms with Crippen LogP contribution < -0.4 is 15.8 Å². The number of anilines is 1. The summed E-state index contributed by atoms with van der Waals surface area (Å²) in [5.41, 5.74) is 9.56. The molecule has 2 heterocycles. The fraction of sp³-hybridized carbons (Fsp3) is 0.476. The molecule has 0 aliphatic heterocycles.